The monoisotopic (exact) mass is 537 g/mol. The van der Waals surface area contributed by atoms with Crippen LogP contribution >= 0.6 is 12.6 Å². The maximum absolute atomic E-state index is 12.9. The molecule has 0 radical (unpaired) electrons. The van der Waals surface area contributed by atoms with E-state index < -0.39 is 66.4 Å². The summed E-state index contributed by atoms with van der Waals surface area (Å²) in [5.74, 6) is -5.51. The van der Waals surface area contributed by atoms with Crippen LogP contribution in [0, 0.1) is 0 Å². The van der Waals surface area contributed by atoms with Crippen LogP contribution in [0.1, 0.15) is 25.3 Å². The lowest BCUT2D eigenvalue weighted by Crippen LogP contribution is -2.60. The van der Waals surface area contributed by atoms with Gasteiger partial charge in [-0.2, -0.15) is 12.6 Å². The third-order valence-corrected chi connectivity index (χ3v) is 5.96. The number of carbonyl (C=O) groups is 5. The van der Waals surface area contributed by atoms with E-state index >= 15 is 0 Å². The average molecular weight is 538 g/mol. The van der Waals surface area contributed by atoms with Gasteiger partial charge in [-0.3, -0.25) is 19.2 Å². The predicted octanol–water partition coefficient (Wildman–Crippen LogP) is -1.25. The highest BCUT2D eigenvalue weighted by Gasteiger charge is 2.32. The van der Waals surface area contributed by atoms with Gasteiger partial charge in [-0.05, 0) is 31.4 Å². The van der Waals surface area contributed by atoms with E-state index in [-0.39, 0.29) is 18.6 Å². The Balaban J connectivity index is 2.12. The summed E-state index contributed by atoms with van der Waals surface area (Å²) >= 11 is 3.84. The van der Waals surface area contributed by atoms with Gasteiger partial charge < -0.3 is 42.0 Å². The number of carboxylic acids is 2. The normalized spacial score (nSPS) is 15.1. The van der Waals surface area contributed by atoms with Crippen molar-refractivity contribution in [3.05, 3.63) is 36.0 Å². The molecular formula is C23H31N5O8S. The zero-order chi connectivity index (χ0) is 27.7. The number of rotatable bonds is 14. The zero-order valence-corrected chi connectivity index (χ0v) is 20.9. The molecule has 0 aliphatic heterocycles. The highest BCUT2D eigenvalue weighted by Crippen LogP contribution is 2.18. The molecule has 3 amide bonds. The quantitative estimate of drug-likeness (QED) is 0.131. The van der Waals surface area contributed by atoms with Gasteiger partial charge in [-0.15, -0.1) is 0 Å². The third kappa shape index (κ3) is 8.48. The SMILES string of the molecule is CC(O)C(NC(=O)C(CCC(=O)O)NC(=O)C(N)Cc1c[nH]c2ccccc12)C(=O)NC(CS)C(=O)O. The molecule has 37 heavy (non-hydrogen) atoms. The molecule has 0 aliphatic rings. The summed E-state index contributed by atoms with van der Waals surface area (Å²) in [7, 11) is 0. The Morgan fingerprint density at radius 2 is 1.65 bits per heavy atom. The lowest BCUT2D eigenvalue weighted by atomic mass is 10.0. The number of benzene rings is 1. The van der Waals surface area contributed by atoms with E-state index in [1.807, 2.05) is 24.3 Å². The second kappa shape index (κ2) is 13.6. The van der Waals surface area contributed by atoms with Crippen LogP contribution < -0.4 is 21.7 Å². The first kappa shape index (κ1) is 29.6. The van der Waals surface area contributed by atoms with Crippen LogP contribution in [-0.2, 0) is 30.4 Å². The largest absolute Gasteiger partial charge is 0.481 e. The lowest BCUT2D eigenvalue weighted by Gasteiger charge is -2.26. The van der Waals surface area contributed by atoms with E-state index in [4.69, 9.17) is 15.9 Å². The number of thiol groups is 1. The average Bonchev–Trinajstić information content (AvgIpc) is 3.25. The van der Waals surface area contributed by atoms with Crippen molar-refractivity contribution in [1.29, 1.82) is 0 Å². The minimum Gasteiger partial charge on any atom is -0.481 e. The molecule has 202 valence electrons. The maximum atomic E-state index is 12.9. The van der Waals surface area contributed by atoms with Gasteiger partial charge in [0.25, 0.3) is 0 Å². The number of hydrogen-bond donors (Lipinski definition) is 9. The lowest BCUT2D eigenvalue weighted by molar-refractivity contribution is -0.142. The van der Waals surface area contributed by atoms with E-state index in [9.17, 15) is 29.1 Å². The fourth-order valence-electron chi connectivity index (χ4n) is 3.55. The van der Waals surface area contributed by atoms with Gasteiger partial charge in [0, 0.05) is 29.3 Å². The molecule has 0 fully saturated rings. The minimum absolute atomic E-state index is 0.127. The van der Waals surface area contributed by atoms with E-state index in [0.717, 1.165) is 16.5 Å². The van der Waals surface area contributed by atoms with Crippen LogP contribution in [0.2, 0.25) is 0 Å². The number of nitrogens with two attached hydrogens (primary N) is 1. The van der Waals surface area contributed by atoms with Crippen molar-refractivity contribution in [2.24, 2.45) is 5.73 Å². The number of para-hydroxylation sites is 1. The number of fused-ring (bicyclic) bond motifs is 1. The number of H-pyrrole nitrogens is 1. The van der Waals surface area contributed by atoms with Crippen molar-refractivity contribution in [3.8, 4) is 0 Å². The summed E-state index contributed by atoms with van der Waals surface area (Å²) in [6, 6.07) is 1.97. The highest BCUT2D eigenvalue weighted by atomic mass is 32.1. The zero-order valence-electron chi connectivity index (χ0n) is 20.0. The molecular weight excluding hydrogens is 506 g/mol. The van der Waals surface area contributed by atoms with Gasteiger partial charge >= 0.3 is 11.9 Å². The van der Waals surface area contributed by atoms with Gasteiger partial charge in [0.15, 0.2) is 0 Å². The Labute approximate surface area is 217 Å². The van der Waals surface area contributed by atoms with Crippen molar-refractivity contribution >= 4 is 53.2 Å². The van der Waals surface area contributed by atoms with Crippen LogP contribution in [0.3, 0.4) is 0 Å². The molecule has 2 rings (SSSR count). The topological polar surface area (TPSA) is 224 Å². The van der Waals surface area contributed by atoms with Crippen LogP contribution in [0.5, 0.6) is 0 Å². The fourth-order valence-corrected chi connectivity index (χ4v) is 3.80. The number of aromatic nitrogens is 1. The first-order valence-electron chi connectivity index (χ1n) is 11.4. The molecule has 2 aromatic rings. The predicted molar refractivity (Wildman–Crippen MR) is 136 cm³/mol. The summed E-state index contributed by atoms with van der Waals surface area (Å²) < 4.78 is 0. The smallest absolute Gasteiger partial charge is 0.327 e. The standard InChI is InChI=1S/C23H31N5O8S/c1-11(29)19(22(34)27-17(10-37)23(35)36)28-21(33)16(6-7-18(30)31)26-20(32)14(24)8-12-9-25-15-5-3-2-4-13(12)15/h2-5,9,11,14,16-17,19,25,29,37H,6-8,10,24H2,1H3,(H,26,32)(H,27,34)(H,28,33)(H,30,31)(H,35,36). The van der Waals surface area contributed by atoms with Crippen LogP contribution in [-0.4, -0.2) is 86.0 Å². The van der Waals surface area contributed by atoms with E-state index in [1.165, 1.54) is 6.92 Å². The molecule has 0 bridgehead atoms. The summed E-state index contributed by atoms with van der Waals surface area (Å²) in [5, 5.41) is 35.9. The molecule has 5 unspecified atom stereocenters. The molecule has 13 nitrogen and oxygen atoms in total. The highest BCUT2D eigenvalue weighted by molar-refractivity contribution is 7.80. The molecule has 0 aliphatic carbocycles. The van der Waals surface area contributed by atoms with E-state index in [0.29, 0.717) is 0 Å². The van der Waals surface area contributed by atoms with Gasteiger partial charge in [0.2, 0.25) is 17.7 Å². The summed E-state index contributed by atoms with van der Waals surface area (Å²) in [5.41, 5.74) is 7.69. The van der Waals surface area contributed by atoms with Crippen molar-refractivity contribution in [3.63, 3.8) is 0 Å². The van der Waals surface area contributed by atoms with Crippen molar-refractivity contribution in [1.82, 2.24) is 20.9 Å². The Morgan fingerprint density at radius 3 is 2.24 bits per heavy atom. The Morgan fingerprint density at radius 1 is 1.00 bits per heavy atom. The van der Waals surface area contributed by atoms with E-state index in [1.54, 1.807) is 6.20 Å². The first-order chi connectivity index (χ1) is 17.4. The number of carboxylic acid groups (broad SMARTS) is 2. The Bertz CT molecular complexity index is 1140. The second-order valence-electron chi connectivity index (χ2n) is 8.47. The van der Waals surface area contributed by atoms with Gasteiger partial charge in [-0.1, -0.05) is 18.2 Å². The summed E-state index contributed by atoms with van der Waals surface area (Å²) in [4.78, 5) is 63.6. The Kier molecular flexibility index (Phi) is 10.9. The number of aliphatic carboxylic acids is 2. The molecule has 14 heteroatoms. The Hall–Kier alpha value is -3.62. The maximum Gasteiger partial charge on any atom is 0.327 e. The molecule has 0 spiro atoms. The van der Waals surface area contributed by atoms with Gasteiger partial charge in [-0.25, -0.2) is 4.79 Å². The molecule has 0 saturated heterocycles. The van der Waals surface area contributed by atoms with Crippen molar-refractivity contribution < 1.29 is 39.3 Å². The first-order valence-corrected chi connectivity index (χ1v) is 12.0. The molecule has 1 heterocycles. The molecule has 9 N–H and O–H groups in total. The number of carbonyl (C=O) groups excluding carboxylic acids is 3. The van der Waals surface area contributed by atoms with E-state index in [2.05, 4.69) is 33.6 Å². The number of aliphatic hydroxyl groups is 1. The fraction of sp³-hybridized carbons (Fsp3) is 0.435. The van der Waals surface area contributed by atoms with Crippen LogP contribution in [0.4, 0.5) is 0 Å². The molecule has 1 aromatic heterocycles. The second-order valence-corrected chi connectivity index (χ2v) is 8.84. The number of hydrogen-bond acceptors (Lipinski definition) is 8. The van der Waals surface area contributed by atoms with Crippen molar-refractivity contribution in [2.75, 3.05) is 5.75 Å². The van der Waals surface area contributed by atoms with Crippen molar-refractivity contribution in [2.45, 2.75) is 56.5 Å². The molecule has 0 saturated carbocycles. The van der Waals surface area contributed by atoms with Gasteiger partial charge in [0.05, 0.1) is 12.1 Å². The minimum atomic E-state index is -1.58. The van der Waals surface area contributed by atoms with Gasteiger partial charge in [0.1, 0.15) is 18.1 Å². The number of amides is 3. The molecule has 5 atom stereocenters. The summed E-state index contributed by atoms with van der Waals surface area (Å²) in [6.45, 7) is 1.20. The third-order valence-electron chi connectivity index (χ3n) is 5.59. The number of nitrogens with one attached hydrogen (secondary N) is 4. The van der Waals surface area contributed by atoms with Crippen LogP contribution in [0.25, 0.3) is 10.9 Å². The number of aliphatic hydroxyl groups excluding tert-OH is 1. The number of aromatic amines is 1. The van der Waals surface area contributed by atoms with Crippen LogP contribution in [0.15, 0.2) is 30.5 Å². The summed E-state index contributed by atoms with van der Waals surface area (Å²) in [6.07, 6.45) is -0.411. The molecule has 1 aromatic carbocycles.